The molecule has 18 heavy (non-hydrogen) atoms. The van der Waals surface area contributed by atoms with Gasteiger partial charge in [0.1, 0.15) is 5.75 Å². The van der Waals surface area contributed by atoms with Crippen LogP contribution in [0.2, 0.25) is 0 Å². The zero-order chi connectivity index (χ0) is 13.0. The molecule has 0 amide bonds. The van der Waals surface area contributed by atoms with Crippen molar-refractivity contribution in [3.63, 3.8) is 0 Å². The Bertz CT molecular complexity index is 395. The van der Waals surface area contributed by atoms with E-state index in [1.54, 1.807) is 7.11 Å². The number of rotatable bonds is 4. The molecule has 0 aliphatic carbocycles. The number of aryl methyl sites for hydroxylation is 1. The van der Waals surface area contributed by atoms with Gasteiger partial charge in [-0.3, -0.25) is 4.98 Å². The molecule has 1 fully saturated rings. The van der Waals surface area contributed by atoms with Crippen LogP contribution in [0.1, 0.15) is 31.2 Å². The van der Waals surface area contributed by atoms with Gasteiger partial charge in [-0.05, 0) is 26.7 Å². The van der Waals surface area contributed by atoms with Crippen molar-refractivity contribution in [1.82, 2.24) is 10.3 Å². The van der Waals surface area contributed by atoms with Crippen molar-refractivity contribution < 1.29 is 9.47 Å². The van der Waals surface area contributed by atoms with Gasteiger partial charge in [0.25, 0.3) is 0 Å². The summed E-state index contributed by atoms with van der Waals surface area (Å²) in [7, 11) is 1.69. The Morgan fingerprint density at radius 1 is 1.50 bits per heavy atom. The molecule has 1 N–H and O–H groups in total. The van der Waals surface area contributed by atoms with Gasteiger partial charge in [-0.1, -0.05) is 0 Å². The third kappa shape index (κ3) is 3.68. The molecule has 0 bridgehead atoms. The molecule has 1 aliphatic rings. The van der Waals surface area contributed by atoms with Gasteiger partial charge in [0.2, 0.25) is 0 Å². The SMILES string of the molecule is COc1cc(C)nc(CNC2CCOC(C)C2)c1. The second-order valence-corrected chi connectivity index (χ2v) is 4.92. The zero-order valence-corrected chi connectivity index (χ0v) is 11.4. The number of ether oxygens (including phenoxy) is 2. The topological polar surface area (TPSA) is 43.4 Å². The average molecular weight is 250 g/mol. The number of methoxy groups -OCH3 is 1. The van der Waals surface area contributed by atoms with E-state index in [-0.39, 0.29) is 0 Å². The zero-order valence-electron chi connectivity index (χ0n) is 11.4. The number of nitrogens with zero attached hydrogens (tertiary/aromatic N) is 1. The summed E-state index contributed by atoms with van der Waals surface area (Å²) in [5, 5.41) is 3.55. The summed E-state index contributed by atoms with van der Waals surface area (Å²) in [6.45, 7) is 5.75. The van der Waals surface area contributed by atoms with Gasteiger partial charge in [0.15, 0.2) is 0 Å². The molecule has 1 saturated heterocycles. The summed E-state index contributed by atoms with van der Waals surface area (Å²) in [6, 6.07) is 4.46. The van der Waals surface area contributed by atoms with E-state index in [1.165, 1.54) is 0 Å². The Labute approximate surface area is 109 Å². The third-order valence-corrected chi connectivity index (χ3v) is 3.27. The van der Waals surface area contributed by atoms with Crippen molar-refractivity contribution in [3.05, 3.63) is 23.5 Å². The molecule has 0 saturated carbocycles. The first-order valence-corrected chi connectivity index (χ1v) is 6.54. The molecule has 4 nitrogen and oxygen atoms in total. The van der Waals surface area contributed by atoms with Crippen LogP contribution in [0.5, 0.6) is 5.75 Å². The molecule has 100 valence electrons. The summed E-state index contributed by atoms with van der Waals surface area (Å²) in [5.41, 5.74) is 2.03. The molecule has 2 atom stereocenters. The number of aromatic nitrogens is 1. The molecular formula is C14H22N2O2. The minimum Gasteiger partial charge on any atom is -0.497 e. The molecule has 2 heterocycles. The number of pyridine rings is 1. The molecule has 2 unspecified atom stereocenters. The van der Waals surface area contributed by atoms with Gasteiger partial charge in [0, 0.05) is 37.0 Å². The maximum absolute atomic E-state index is 5.54. The molecule has 0 radical (unpaired) electrons. The standard InChI is InChI=1S/C14H22N2O2/c1-10-6-14(17-3)8-13(16-10)9-15-12-4-5-18-11(2)7-12/h6,8,11-12,15H,4-5,7,9H2,1-3H3. The van der Waals surface area contributed by atoms with Gasteiger partial charge in [-0.25, -0.2) is 0 Å². The summed E-state index contributed by atoms with van der Waals surface area (Å²) in [6.07, 6.45) is 2.51. The predicted molar refractivity (Wildman–Crippen MR) is 70.8 cm³/mol. The molecule has 0 spiro atoms. The molecule has 4 heteroatoms. The number of hydrogen-bond acceptors (Lipinski definition) is 4. The first-order valence-electron chi connectivity index (χ1n) is 6.54. The number of hydrogen-bond donors (Lipinski definition) is 1. The van der Waals surface area contributed by atoms with Crippen LogP contribution in [0.3, 0.4) is 0 Å². The lowest BCUT2D eigenvalue weighted by Gasteiger charge is -2.28. The van der Waals surface area contributed by atoms with Gasteiger partial charge in [-0.15, -0.1) is 0 Å². The fourth-order valence-corrected chi connectivity index (χ4v) is 2.34. The van der Waals surface area contributed by atoms with Crippen LogP contribution in [0, 0.1) is 6.92 Å². The van der Waals surface area contributed by atoms with Crippen molar-refractivity contribution in [2.24, 2.45) is 0 Å². The Kier molecular flexibility index (Phi) is 4.55. The second-order valence-electron chi connectivity index (χ2n) is 4.92. The highest BCUT2D eigenvalue weighted by molar-refractivity contribution is 5.26. The lowest BCUT2D eigenvalue weighted by Crippen LogP contribution is -2.37. The largest absolute Gasteiger partial charge is 0.497 e. The minimum absolute atomic E-state index is 0.358. The Morgan fingerprint density at radius 2 is 2.33 bits per heavy atom. The molecule has 0 aromatic carbocycles. The van der Waals surface area contributed by atoms with E-state index in [0.717, 1.165) is 43.1 Å². The monoisotopic (exact) mass is 250 g/mol. The summed E-state index contributed by atoms with van der Waals surface area (Å²) in [4.78, 5) is 4.51. The Balaban J connectivity index is 1.91. The minimum atomic E-state index is 0.358. The van der Waals surface area contributed by atoms with Crippen molar-refractivity contribution in [2.45, 2.75) is 45.4 Å². The van der Waals surface area contributed by atoms with E-state index in [0.29, 0.717) is 12.1 Å². The van der Waals surface area contributed by atoms with Crippen LogP contribution in [0.25, 0.3) is 0 Å². The smallest absolute Gasteiger partial charge is 0.122 e. The van der Waals surface area contributed by atoms with Crippen LogP contribution in [-0.4, -0.2) is 30.8 Å². The van der Waals surface area contributed by atoms with Gasteiger partial charge < -0.3 is 14.8 Å². The lowest BCUT2D eigenvalue weighted by atomic mass is 10.0. The van der Waals surface area contributed by atoms with Gasteiger partial charge in [-0.2, -0.15) is 0 Å². The van der Waals surface area contributed by atoms with Crippen molar-refractivity contribution >= 4 is 0 Å². The van der Waals surface area contributed by atoms with Gasteiger partial charge in [0.05, 0.1) is 18.9 Å². The van der Waals surface area contributed by atoms with Crippen LogP contribution in [0.4, 0.5) is 0 Å². The summed E-state index contributed by atoms with van der Waals surface area (Å²) < 4.78 is 10.8. The average Bonchev–Trinajstić information content (AvgIpc) is 2.36. The molecular weight excluding hydrogens is 228 g/mol. The third-order valence-electron chi connectivity index (χ3n) is 3.27. The maximum atomic E-state index is 5.54. The molecule has 2 rings (SSSR count). The maximum Gasteiger partial charge on any atom is 0.122 e. The molecule has 1 aliphatic heterocycles. The van der Waals surface area contributed by atoms with Crippen molar-refractivity contribution in [2.75, 3.05) is 13.7 Å². The Hall–Kier alpha value is -1.13. The van der Waals surface area contributed by atoms with E-state index in [2.05, 4.69) is 17.2 Å². The van der Waals surface area contributed by atoms with Crippen LogP contribution >= 0.6 is 0 Å². The lowest BCUT2D eigenvalue weighted by molar-refractivity contribution is 0.0130. The highest BCUT2D eigenvalue weighted by Gasteiger charge is 2.18. The fourth-order valence-electron chi connectivity index (χ4n) is 2.34. The predicted octanol–water partition coefficient (Wildman–Crippen LogP) is 2.06. The quantitative estimate of drug-likeness (QED) is 0.888. The summed E-state index contributed by atoms with van der Waals surface area (Å²) >= 11 is 0. The van der Waals surface area contributed by atoms with Crippen molar-refractivity contribution in [1.29, 1.82) is 0 Å². The van der Waals surface area contributed by atoms with Gasteiger partial charge >= 0.3 is 0 Å². The van der Waals surface area contributed by atoms with E-state index in [1.807, 2.05) is 19.1 Å². The fraction of sp³-hybridized carbons (Fsp3) is 0.643. The van der Waals surface area contributed by atoms with E-state index in [9.17, 15) is 0 Å². The van der Waals surface area contributed by atoms with Crippen LogP contribution in [0.15, 0.2) is 12.1 Å². The highest BCUT2D eigenvalue weighted by Crippen LogP contribution is 2.16. The molecule has 1 aromatic heterocycles. The molecule has 1 aromatic rings. The number of nitrogens with one attached hydrogen (secondary N) is 1. The van der Waals surface area contributed by atoms with E-state index >= 15 is 0 Å². The first kappa shape index (κ1) is 13.3. The van der Waals surface area contributed by atoms with Crippen molar-refractivity contribution in [3.8, 4) is 5.75 Å². The summed E-state index contributed by atoms with van der Waals surface area (Å²) in [5.74, 6) is 0.875. The van der Waals surface area contributed by atoms with Crippen LogP contribution in [-0.2, 0) is 11.3 Å². The van der Waals surface area contributed by atoms with E-state index in [4.69, 9.17) is 9.47 Å². The highest BCUT2D eigenvalue weighted by atomic mass is 16.5. The van der Waals surface area contributed by atoms with Crippen LogP contribution < -0.4 is 10.1 Å². The first-order chi connectivity index (χ1) is 8.67. The Morgan fingerprint density at radius 3 is 3.06 bits per heavy atom. The normalized spacial score (nSPS) is 23.9. The second kappa shape index (κ2) is 6.16. The van der Waals surface area contributed by atoms with E-state index < -0.39 is 0 Å².